The van der Waals surface area contributed by atoms with E-state index in [9.17, 15) is 0 Å². The predicted octanol–water partition coefficient (Wildman–Crippen LogP) is 18.7. The third kappa shape index (κ3) is 7.31. The van der Waals surface area contributed by atoms with Crippen LogP contribution in [0.15, 0.2) is 261 Å². The maximum atomic E-state index is 5.51. The van der Waals surface area contributed by atoms with Crippen LogP contribution >= 0.6 is 0 Å². The molecule has 15 aromatic rings. The monoisotopic (exact) mass is 983 g/mol. The van der Waals surface area contributed by atoms with E-state index in [1.54, 1.807) is 0 Å². The smallest absolute Gasteiger partial charge is 0.160 e. The molecule has 0 atom stereocenters. The largest absolute Gasteiger partial charge is 0.309 e. The lowest BCUT2D eigenvalue weighted by molar-refractivity contribution is 1.16. The van der Waals surface area contributed by atoms with Gasteiger partial charge in [-0.2, -0.15) is 0 Å². The number of aryl methyl sites for hydroxylation is 2. The minimum atomic E-state index is 0.643. The van der Waals surface area contributed by atoms with E-state index in [1.807, 2.05) is 0 Å². The normalized spacial score (nSPS) is 11.8. The molecule has 4 heterocycles. The van der Waals surface area contributed by atoms with E-state index >= 15 is 0 Å². The third-order valence-corrected chi connectivity index (χ3v) is 15.5. The first-order valence-corrected chi connectivity index (χ1v) is 26.4. The molecule has 0 N–H and O–H groups in total. The summed E-state index contributed by atoms with van der Waals surface area (Å²) in [5.74, 6) is 0.643. The minimum Gasteiger partial charge on any atom is -0.309 e. The van der Waals surface area contributed by atoms with Gasteiger partial charge in [0.05, 0.1) is 50.2 Å². The molecule has 11 aromatic carbocycles. The number of rotatable bonds is 8. The van der Waals surface area contributed by atoms with Gasteiger partial charge in [0.1, 0.15) is 0 Å². The second kappa shape index (κ2) is 17.8. The average Bonchev–Trinajstić information content (AvgIpc) is 4.34. The van der Waals surface area contributed by atoms with Crippen molar-refractivity contribution in [1.29, 1.82) is 0 Å². The van der Waals surface area contributed by atoms with Crippen LogP contribution in [0.3, 0.4) is 0 Å². The molecule has 5 heteroatoms. The molecule has 4 aromatic heterocycles. The standard InChI is InChI=1S/C72H49N5/c1-46-35-37-69-61(39-46)62-40-47(2)36-38-70(62)77(69)71-59(50-23-17-25-53(41-50)75-65-31-13-9-27-55(65)56-28-10-14-32-66(56)75)43-52(72-73-63(48-19-5-3-6-20-48)45-64(74-72)49-21-7-4-8-22-49)44-60(71)51-24-18-26-54(42-51)76-67-33-15-11-29-57(67)58-30-12-16-34-68(58)76/h3-45H,1-2H3. The number of nitrogens with zero attached hydrogens (tertiary/aromatic N) is 5. The minimum absolute atomic E-state index is 0.643. The Morgan fingerprint density at radius 2 is 0.623 bits per heavy atom. The summed E-state index contributed by atoms with van der Waals surface area (Å²) in [6, 6.07) is 94.8. The number of aromatic nitrogens is 5. The van der Waals surface area contributed by atoms with Crippen molar-refractivity contribution in [2.75, 3.05) is 0 Å². The Hall–Kier alpha value is -10.1. The van der Waals surface area contributed by atoms with Gasteiger partial charge in [-0.15, -0.1) is 0 Å². The quantitative estimate of drug-likeness (QED) is 0.152. The molecule has 15 rings (SSSR count). The van der Waals surface area contributed by atoms with Crippen molar-refractivity contribution in [2.45, 2.75) is 13.8 Å². The van der Waals surface area contributed by atoms with Gasteiger partial charge in [-0.25, -0.2) is 9.97 Å². The summed E-state index contributed by atoms with van der Waals surface area (Å²) in [5.41, 5.74) is 21.5. The van der Waals surface area contributed by atoms with Crippen LogP contribution in [0.4, 0.5) is 0 Å². The molecule has 0 bridgehead atoms. The van der Waals surface area contributed by atoms with Crippen molar-refractivity contribution in [2.24, 2.45) is 0 Å². The zero-order valence-electron chi connectivity index (χ0n) is 42.6. The molecule has 0 aliphatic rings. The number of hydrogen-bond donors (Lipinski definition) is 0. The molecule has 5 nitrogen and oxygen atoms in total. The summed E-state index contributed by atoms with van der Waals surface area (Å²) >= 11 is 0. The van der Waals surface area contributed by atoms with Crippen LogP contribution in [-0.4, -0.2) is 23.7 Å². The predicted molar refractivity (Wildman–Crippen MR) is 322 cm³/mol. The van der Waals surface area contributed by atoms with Crippen LogP contribution in [-0.2, 0) is 0 Å². The first kappa shape index (κ1) is 44.4. The van der Waals surface area contributed by atoms with Crippen LogP contribution in [0.25, 0.3) is 139 Å². The molecule has 0 saturated carbocycles. The highest BCUT2D eigenvalue weighted by atomic mass is 15.0. The molecule has 0 radical (unpaired) electrons. The fraction of sp³-hybridized carbons (Fsp3) is 0.0278. The third-order valence-electron chi connectivity index (χ3n) is 15.5. The maximum Gasteiger partial charge on any atom is 0.160 e. The molecule has 0 aliphatic heterocycles. The van der Waals surface area contributed by atoms with E-state index in [-0.39, 0.29) is 0 Å². The number of para-hydroxylation sites is 4. The van der Waals surface area contributed by atoms with Gasteiger partial charge in [0.15, 0.2) is 5.82 Å². The Morgan fingerprint density at radius 1 is 0.260 bits per heavy atom. The first-order chi connectivity index (χ1) is 38.0. The highest BCUT2D eigenvalue weighted by Crippen LogP contribution is 2.46. The SMILES string of the molecule is Cc1ccc2c(c1)c1cc(C)ccc1n2-c1c(-c2cccc(-n3c4ccccc4c4ccccc43)c2)cc(-c2nc(-c3ccccc3)cc(-c3ccccc3)n2)cc1-c1cccc(-n2c3ccccc3c3ccccc32)c1. The lowest BCUT2D eigenvalue weighted by Crippen LogP contribution is -2.04. The van der Waals surface area contributed by atoms with Crippen LogP contribution in [0.1, 0.15) is 11.1 Å². The second-order valence-corrected chi connectivity index (χ2v) is 20.3. The zero-order valence-corrected chi connectivity index (χ0v) is 42.6. The van der Waals surface area contributed by atoms with E-state index in [0.717, 1.165) is 100 Å². The molecule has 0 spiro atoms. The molecule has 362 valence electrons. The van der Waals surface area contributed by atoms with Crippen molar-refractivity contribution in [1.82, 2.24) is 23.7 Å². The van der Waals surface area contributed by atoms with E-state index in [2.05, 4.69) is 288 Å². The number of benzene rings is 11. The highest BCUT2D eigenvalue weighted by Gasteiger charge is 2.25. The fourth-order valence-corrected chi connectivity index (χ4v) is 12.1. The summed E-state index contributed by atoms with van der Waals surface area (Å²) in [7, 11) is 0. The molecule has 0 amide bonds. The summed E-state index contributed by atoms with van der Waals surface area (Å²) in [5, 5.41) is 7.33. The lowest BCUT2D eigenvalue weighted by Gasteiger charge is -2.22. The Balaban J connectivity index is 1.08. The van der Waals surface area contributed by atoms with Crippen LogP contribution in [0, 0.1) is 13.8 Å². The van der Waals surface area contributed by atoms with Crippen molar-refractivity contribution in [3.8, 4) is 73.2 Å². The molecular weight excluding hydrogens is 935 g/mol. The Morgan fingerprint density at radius 3 is 1.04 bits per heavy atom. The number of fused-ring (bicyclic) bond motifs is 9. The highest BCUT2D eigenvalue weighted by molar-refractivity contribution is 6.13. The Kier molecular flexibility index (Phi) is 10.3. The van der Waals surface area contributed by atoms with Crippen LogP contribution < -0.4 is 0 Å². The van der Waals surface area contributed by atoms with Gasteiger partial charge in [0, 0.05) is 71.5 Å². The topological polar surface area (TPSA) is 40.6 Å². The fourth-order valence-electron chi connectivity index (χ4n) is 12.1. The van der Waals surface area contributed by atoms with E-state index in [1.165, 1.54) is 43.4 Å². The average molecular weight is 984 g/mol. The van der Waals surface area contributed by atoms with Gasteiger partial charge in [-0.1, -0.05) is 181 Å². The van der Waals surface area contributed by atoms with E-state index in [4.69, 9.17) is 9.97 Å². The maximum absolute atomic E-state index is 5.51. The van der Waals surface area contributed by atoms with Gasteiger partial charge in [0.2, 0.25) is 0 Å². The van der Waals surface area contributed by atoms with Gasteiger partial charge in [-0.3, -0.25) is 0 Å². The van der Waals surface area contributed by atoms with Crippen LogP contribution in [0.2, 0.25) is 0 Å². The van der Waals surface area contributed by atoms with Gasteiger partial charge >= 0.3 is 0 Å². The molecule has 0 saturated heterocycles. The molecule has 0 fully saturated rings. The van der Waals surface area contributed by atoms with Crippen molar-refractivity contribution >= 4 is 65.4 Å². The molecule has 0 unspecified atom stereocenters. The van der Waals surface area contributed by atoms with E-state index in [0.29, 0.717) is 5.82 Å². The van der Waals surface area contributed by atoms with Gasteiger partial charge in [-0.05, 0) is 116 Å². The van der Waals surface area contributed by atoms with Crippen LogP contribution in [0.5, 0.6) is 0 Å². The first-order valence-electron chi connectivity index (χ1n) is 26.4. The lowest BCUT2D eigenvalue weighted by atomic mass is 9.91. The summed E-state index contributed by atoms with van der Waals surface area (Å²) in [6.07, 6.45) is 0. The van der Waals surface area contributed by atoms with Crippen molar-refractivity contribution in [3.63, 3.8) is 0 Å². The summed E-state index contributed by atoms with van der Waals surface area (Å²) < 4.78 is 7.35. The Labute approximate surface area is 445 Å². The van der Waals surface area contributed by atoms with Gasteiger partial charge in [0.25, 0.3) is 0 Å². The Bertz CT molecular complexity index is 4420. The van der Waals surface area contributed by atoms with E-state index < -0.39 is 0 Å². The molecular formula is C72H49N5. The molecule has 0 aliphatic carbocycles. The number of hydrogen-bond acceptors (Lipinski definition) is 2. The van der Waals surface area contributed by atoms with Crippen molar-refractivity contribution in [3.05, 3.63) is 272 Å². The zero-order chi connectivity index (χ0) is 51.1. The van der Waals surface area contributed by atoms with Crippen molar-refractivity contribution < 1.29 is 0 Å². The second-order valence-electron chi connectivity index (χ2n) is 20.3. The van der Waals surface area contributed by atoms with Gasteiger partial charge < -0.3 is 13.7 Å². The molecule has 77 heavy (non-hydrogen) atoms. The summed E-state index contributed by atoms with van der Waals surface area (Å²) in [4.78, 5) is 11.0. The summed E-state index contributed by atoms with van der Waals surface area (Å²) in [6.45, 7) is 4.38.